The van der Waals surface area contributed by atoms with E-state index in [1.54, 1.807) is 0 Å². The molecular formula is C22H22N2O. The van der Waals surface area contributed by atoms with E-state index >= 15 is 0 Å². The molecule has 1 N–H and O–H groups in total. The van der Waals surface area contributed by atoms with Crippen molar-refractivity contribution in [3.8, 4) is 11.1 Å². The molecule has 0 radical (unpaired) electrons. The Morgan fingerprint density at radius 1 is 0.960 bits per heavy atom. The molecule has 0 amide bonds. The highest BCUT2D eigenvalue weighted by atomic mass is 16.3. The van der Waals surface area contributed by atoms with Crippen LogP contribution in [0.4, 0.5) is 0 Å². The maximum atomic E-state index is 11.3. The van der Waals surface area contributed by atoms with Gasteiger partial charge in [0.2, 0.25) is 0 Å². The predicted octanol–water partition coefficient (Wildman–Crippen LogP) is 3.82. The van der Waals surface area contributed by atoms with Crippen LogP contribution in [-0.2, 0) is 5.60 Å². The number of aromatic nitrogens is 1. The number of piperidine rings is 3. The summed E-state index contributed by atoms with van der Waals surface area (Å²) in [7, 11) is 0. The Balaban J connectivity index is 1.48. The molecule has 1 unspecified atom stereocenters. The van der Waals surface area contributed by atoms with E-state index in [4.69, 9.17) is 0 Å². The van der Waals surface area contributed by atoms with Gasteiger partial charge in [-0.3, -0.25) is 4.98 Å². The van der Waals surface area contributed by atoms with Crippen LogP contribution >= 0.6 is 0 Å². The second kappa shape index (κ2) is 5.65. The number of aliphatic hydroxyl groups is 1. The van der Waals surface area contributed by atoms with Crippen LogP contribution in [0.25, 0.3) is 22.0 Å². The van der Waals surface area contributed by atoms with Crippen LogP contribution in [-0.4, -0.2) is 34.6 Å². The highest BCUT2D eigenvalue weighted by Gasteiger charge is 2.46. The maximum Gasteiger partial charge on any atom is 0.105 e. The highest BCUT2D eigenvalue weighted by molar-refractivity contribution is 5.84. The van der Waals surface area contributed by atoms with Crippen LogP contribution < -0.4 is 0 Å². The van der Waals surface area contributed by atoms with Gasteiger partial charge < -0.3 is 10.0 Å². The largest absolute Gasteiger partial charge is 0.384 e. The summed E-state index contributed by atoms with van der Waals surface area (Å²) in [5, 5.41) is 12.4. The minimum atomic E-state index is -0.678. The van der Waals surface area contributed by atoms with Gasteiger partial charge in [-0.25, -0.2) is 0 Å². The second-order valence-corrected chi connectivity index (χ2v) is 7.46. The first-order chi connectivity index (χ1) is 12.2. The van der Waals surface area contributed by atoms with Crippen LogP contribution in [0.5, 0.6) is 0 Å². The van der Waals surface area contributed by atoms with Crippen molar-refractivity contribution in [2.75, 3.05) is 19.6 Å². The molecule has 1 aromatic heterocycles. The molecule has 6 rings (SSSR count). The monoisotopic (exact) mass is 330 g/mol. The van der Waals surface area contributed by atoms with E-state index in [1.165, 1.54) is 11.1 Å². The first-order valence-electron chi connectivity index (χ1n) is 9.13. The van der Waals surface area contributed by atoms with E-state index in [0.717, 1.165) is 48.9 Å². The molecule has 2 bridgehead atoms. The number of hydrogen-bond donors (Lipinski definition) is 1. The average molecular weight is 330 g/mol. The van der Waals surface area contributed by atoms with Crippen molar-refractivity contribution in [3.63, 3.8) is 0 Å². The standard InChI is InChI=1S/C22H22N2O/c25-22(15-24-12-9-20(22)10-13-24)19-6-3-16(4-7-19)17-5-8-21-18(14-17)2-1-11-23-21/h1-8,11,14,20,25H,9-10,12-13,15H2. The number of hydrogen-bond acceptors (Lipinski definition) is 3. The first-order valence-corrected chi connectivity index (χ1v) is 9.13. The number of rotatable bonds is 2. The summed E-state index contributed by atoms with van der Waals surface area (Å²) in [6, 6.07) is 18.9. The lowest BCUT2D eigenvalue weighted by molar-refractivity contribution is -0.117. The molecule has 25 heavy (non-hydrogen) atoms. The van der Waals surface area contributed by atoms with Gasteiger partial charge in [0.1, 0.15) is 5.60 Å². The van der Waals surface area contributed by atoms with Crippen molar-refractivity contribution in [3.05, 3.63) is 66.4 Å². The van der Waals surface area contributed by atoms with Gasteiger partial charge in [0.25, 0.3) is 0 Å². The van der Waals surface area contributed by atoms with Crippen LogP contribution in [0.3, 0.4) is 0 Å². The number of pyridine rings is 1. The molecule has 4 heterocycles. The average Bonchev–Trinajstić information content (AvgIpc) is 2.68. The van der Waals surface area contributed by atoms with Crippen molar-refractivity contribution in [1.82, 2.24) is 9.88 Å². The number of fused-ring (bicyclic) bond motifs is 4. The van der Waals surface area contributed by atoms with Crippen LogP contribution in [0.1, 0.15) is 18.4 Å². The quantitative estimate of drug-likeness (QED) is 0.776. The fourth-order valence-electron chi connectivity index (χ4n) is 4.57. The molecule has 3 fully saturated rings. The molecule has 2 aromatic carbocycles. The number of nitrogens with zero attached hydrogens (tertiary/aromatic N) is 2. The SMILES string of the molecule is OC1(c2ccc(-c3ccc4ncccc4c3)cc2)CN2CCC1CC2. The zero-order valence-electron chi connectivity index (χ0n) is 14.2. The summed E-state index contributed by atoms with van der Waals surface area (Å²) < 4.78 is 0. The zero-order valence-corrected chi connectivity index (χ0v) is 14.2. The summed E-state index contributed by atoms with van der Waals surface area (Å²) in [5.74, 6) is 0.398. The normalized spacial score (nSPS) is 28.4. The number of benzene rings is 2. The van der Waals surface area contributed by atoms with Crippen molar-refractivity contribution in [1.29, 1.82) is 0 Å². The summed E-state index contributed by atoms with van der Waals surface area (Å²) in [6.45, 7) is 3.05. The molecular weight excluding hydrogens is 308 g/mol. The van der Waals surface area contributed by atoms with Gasteiger partial charge in [0.05, 0.1) is 5.52 Å². The topological polar surface area (TPSA) is 36.4 Å². The molecule has 1 atom stereocenters. The van der Waals surface area contributed by atoms with E-state index in [9.17, 15) is 5.11 Å². The predicted molar refractivity (Wildman–Crippen MR) is 100 cm³/mol. The molecule has 3 aromatic rings. The third-order valence-corrected chi connectivity index (χ3v) is 6.05. The minimum Gasteiger partial charge on any atom is -0.384 e. The molecule has 3 aliphatic heterocycles. The lowest BCUT2D eigenvalue weighted by atomic mass is 9.71. The Morgan fingerprint density at radius 3 is 2.44 bits per heavy atom. The van der Waals surface area contributed by atoms with E-state index in [-0.39, 0.29) is 0 Å². The van der Waals surface area contributed by atoms with Gasteiger partial charge in [-0.15, -0.1) is 0 Å². The summed E-state index contributed by atoms with van der Waals surface area (Å²) in [6.07, 6.45) is 4.04. The Labute approximate surface area is 147 Å². The van der Waals surface area contributed by atoms with E-state index in [0.29, 0.717) is 5.92 Å². The fraction of sp³-hybridized carbons (Fsp3) is 0.318. The molecule has 0 aliphatic carbocycles. The van der Waals surface area contributed by atoms with Gasteiger partial charge in [0.15, 0.2) is 0 Å². The lowest BCUT2D eigenvalue weighted by Gasteiger charge is -2.50. The van der Waals surface area contributed by atoms with Crippen molar-refractivity contribution < 1.29 is 5.11 Å². The Bertz CT molecular complexity index is 913. The summed E-state index contributed by atoms with van der Waals surface area (Å²) in [4.78, 5) is 6.78. The van der Waals surface area contributed by atoms with Crippen molar-refractivity contribution in [2.24, 2.45) is 5.92 Å². The van der Waals surface area contributed by atoms with Crippen LogP contribution in [0, 0.1) is 5.92 Å². The highest BCUT2D eigenvalue weighted by Crippen LogP contribution is 2.42. The van der Waals surface area contributed by atoms with Gasteiger partial charge in [-0.05, 0) is 66.7 Å². The molecule has 3 heteroatoms. The molecule has 0 spiro atoms. The molecule has 0 saturated carbocycles. The third-order valence-electron chi connectivity index (χ3n) is 6.05. The summed E-state index contributed by atoms with van der Waals surface area (Å²) >= 11 is 0. The molecule has 3 aliphatic rings. The molecule has 126 valence electrons. The Hall–Kier alpha value is -2.23. The van der Waals surface area contributed by atoms with Crippen molar-refractivity contribution in [2.45, 2.75) is 18.4 Å². The third kappa shape index (κ3) is 2.46. The minimum absolute atomic E-state index is 0.398. The Morgan fingerprint density at radius 2 is 1.72 bits per heavy atom. The molecule has 3 nitrogen and oxygen atoms in total. The van der Waals surface area contributed by atoms with E-state index in [2.05, 4.69) is 58.4 Å². The molecule has 3 saturated heterocycles. The smallest absolute Gasteiger partial charge is 0.105 e. The lowest BCUT2D eigenvalue weighted by Crippen LogP contribution is -2.57. The van der Waals surface area contributed by atoms with Gasteiger partial charge in [-0.1, -0.05) is 36.4 Å². The van der Waals surface area contributed by atoms with Gasteiger partial charge in [0, 0.05) is 18.1 Å². The second-order valence-electron chi connectivity index (χ2n) is 7.46. The maximum absolute atomic E-state index is 11.3. The van der Waals surface area contributed by atoms with Gasteiger partial charge in [-0.2, -0.15) is 0 Å². The zero-order chi connectivity index (χ0) is 16.9. The van der Waals surface area contributed by atoms with E-state index in [1.807, 2.05) is 12.3 Å². The summed E-state index contributed by atoms with van der Waals surface area (Å²) in [5.41, 5.74) is 3.77. The fourth-order valence-corrected chi connectivity index (χ4v) is 4.57. The van der Waals surface area contributed by atoms with Crippen LogP contribution in [0.15, 0.2) is 60.8 Å². The Kier molecular flexibility index (Phi) is 3.40. The van der Waals surface area contributed by atoms with Crippen molar-refractivity contribution >= 4 is 10.9 Å². The van der Waals surface area contributed by atoms with Gasteiger partial charge >= 0.3 is 0 Å². The van der Waals surface area contributed by atoms with Crippen LogP contribution in [0.2, 0.25) is 0 Å². The van der Waals surface area contributed by atoms with E-state index < -0.39 is 5.60 Å². The first kappa shape index (κ1) is 15.1.